The van der Waals surface area contributed by atoms with Gasteiger partial charge in [-0.15, -0.1) is 0 Å². The molecule has 0 saturated carbocycles. The fourth-order valence-corrected chi connectivity index (χ4v) is 2.54. The highest BCUT2D eigenvalue weighted by atomic mass is 79.9. The summed E-state index contributed by atoms with van der Waals surface area (Å²) in [4.78, 5) is 12.3. The van der Waals surface area contributed by atoms with Crippen molar-refractivity contribution in [3.05, 3.63) is 21.2 Å². The van der Waals surface area contributed by atoms with Crippen molar-refractivity contribution in [2.75, 3.05) is 7.11 Å². The Bertz CT molecular complexity index is 518. The Kier molecular flexibility index (Phi) is 2.73. The maximum absolute atomic E-state index is 12.3. The summed E-state index contributed by atoms with van der Waals surface area (Å²) in [5, 5.41) is 0. The molecule has 0 N–H and O–H groups in total. The van der Waals surface area contributed by atoms with Gasteiger partial charge in [0.2, 0.25) is 5.78 Å². The molecule has 17 heavy (non-hydrogen) atoms. The van der Waals surface area contributed by atoms with Crippen LogP contribution < -0.4 is 9.47 Å². The minimum atomic E-state index is -0.812. The van der Waals surface area contributed by atoms with Gasteiger partial charge in [0, 0.05) is 10.0 Å². The topological polar surface area (TPSA) is 35.5 Å². The largest absolute Gasteiger partial charge is 0.493 e. The quantitative estimate of drug-likeness (QED) is 0.797. The average Bonchev–Trinajstić information content (AvgIpc) is 2.48. The molecule has 0 unspecified atom stereocenters. The van der Waals surface area contributed by atoms with Gasteiger partial charge in [-0.05, 0) is 33.3 Å². The summed E-state index contributed by atoms with van der Waals surface area (Å²) < 4.78 is 12.0. The van der Waals surface area contributed by atoms with Crippen LogP contribution in [-0.2, 0) is 0 Å². The minimum absolute atomic E-state index is 0.00370. The van der Waals surface area contributed by atoms with E-state index in [0.29, 0.717) is 17.1 Å². The first-order valence-electron chi connectivity index (χ1n) is 5.41. The zero-order valence-electron chi connectivity index (χ0n) is 10.6. The number of carbonyl (C=O) groups excluding carboxylic acids is 1. The molecule has 2 rings (SSSR count). The predicted octanol–water partition coefficient (Wildman–Crippen LogP) is 3.43. The number of ketones is 1. The zero-order valence-corrected chi connectivity index (χ0v) is 12.2. The molecule has 1 aromatic carbocycles. The lowest BCUT2D eigenvalue weighted by molar-refractivity contribution is 0.0678. The van der Waals surface area contributed by atoms with Crippen molar-refractivity contribution in [2.24, 2.45) is 0 Å². The van der Waals surface area contributed by atoms with Crippen molar-refractivity contribution in [3.8, 4) is 11.5 Å². The SMILES string of the molecule is COc1c(C)c(Br)c(C)c2c1OC(C)(C)C2=O. The lowest BCUT2D eigenvalue weighted by Gasteiger charge is -2.17. The summed E-state index contributed by atoms with van der Waals surface area (Å²) in [6.45, 7) is 7.41. The van der Waals surface area contributed by atoms with E-state index in [0.717, 1.165) is 15.6 Å². The number of benzene rings is 1. The second kappa shape index (κ2) is 3.73. The average molecular weight is 299 g/mol. The standard InChI is InChI=1S/C13H15BrO3/c1-6-8-11(17-13(3,4)12(8)15)10(16-5)7(2)9(6)14/h1-5H3. The molecule has 1 aromatic rings. The lowest BCUT2D eigenvalue weighted by atomic mass is 9.95. The van der Waals surface area contributed by atoms with Crippen molar-refractivity contribution in [1.82, 2.24) is 0 Å². The van der Waals surface area contributed by atoms with E-state index in [1.807, 2.05) is 13.8 Å². The Morgan fingerprint density at radius 1 is 1.24 bits per heavy atom. The molecule has 0 atom stereocenters. The third kappa shape index (κ3) is 1.58. The van der Waals surface area contributed by atoms with Gasteiger partial charge in [-0.25, -0.2) is 0 Å². The normalized spacial score (nSPS) is 16.7. The summed E-state index contributed by atoms with van der Waals surface area (Å²) in [6.07, 6.45) is 0. The number of hydrogen-bond donors (Lipinski definition) is 0. The molecular weight excluding hydrogens is 284 g/mol. The Balaban J connectivity index is 2.82. The molecule has 3 nitrogen and oxygen atoms in total. The van der Waals surface area contributed by atoms with Crippen LogP contribution in [0.15, 0.2) is 4.47 Å². The van der Waals surface area contributed by atoms with Gasteiger partial charge < -0.3 is 9.47 Å². The van der Waals surface area contributed by atoms with E-state index in [4.69, 9.17) is 9.47 Å². The van der Waals surface area contributed by atoms with Gasteiger partial charge >= 0.3 is 0 Å². The predicted molar refractivity (Wildman–Crippen MR) is 69.2 cm³/mol. The molecule has 0 aromatic heterocycles. The molecule has 0 fully saturated rings. The highest BCUT2D eigenvalue weighted by Crippen LogP contribution is 2.48. The fraction of sp³-hybridized carbons (Fsp3) is 0.462. The van der Waals surface area contributed by atoms with Crippen LogP contribution in [0.2, 0.25) is 0 Å². The van der Waals surface area contributed by atoms with Crippen molar-refractivity contribution < 1.29 is 14.3 Å². The van der Waals surface area contributed by atoms with Crippen LogP contribution in [-0.4, -0.2) is 18.5 Å². The summed E-state index contributed by atoms with van der Waals surface area (Å²) in [7, 11) is 1.59. The summed E-state index contributed by atoms with van der Waals surface area (Å²) in [5.41, 5.74) is 1.68. The van der Waals surface area contributed by atoms with Gasteiger partial charge in [-0.1, -0.05) is 15.9 Å². The summed E-state index contributed by atoms with van der Waals surface area (Å²) in [5.74, 6) is 1.21. The molecule has 0 aliphatic carbocycles. The van der Waals surface area contributed by atoms with E-state index >= 15 is 0 Å². The molecule has 0 amide bonds. The van der Waals surface area contributed by atoms with Crippen molar-refractivity contribution in [3.63, 3.8) is 0 Å². The Morgan fingerprint density at radius 3 is 2.35 bits per heavy atom. The second-order valence-corrected chi connectivity index (χ2v) is 5.54. The van der Waals surface area contributed by atoms with Crippen molar-refractivity contribution >= 4 is 21.7 Å². The zero-order chi connectivity index (χ0) is 13.0. The fourth-order valence-electron chi connectivity index (χ4n) is 2.16. The molecule has 1 heterocycles. The highest BCUT2D eigenvalue weighted by molar-refractivity contribution is 9.10. The van der Waals surface area contributed by atoms with Gasteiger partial charge in [0.25, 0.3) is 0 Å². The number of ether oxygens (including phenoxy) is 2. The number of hydrogen-bond acceptors (Lipinski definition) is 3. The van der Waals surface area contributed by atoms with Crippen LogP contribution in [0.25, 0.3) is 0 Å². The van der Waals surface area contributed by atoms with E-state index in [-0.39, 0.29) is 5.78 Å². The number of Topliss-reactive ketones (excluding diaryl/α,β-unsaturated/α-hetero) is 1. The first kappa shape index (κ1) is 12.4. The first-order chi connectivity index (χ1) is 7.81. The molecule has 0 radical (unpaired) electrons. The molecule has 1 aliphatic heterocycles. The Morgan fingerprint density at radius 2 is 1.82 bits per heavy atom. The summed E-state index contributed by atoms with van der Waals surface area (Å²) in [6, 6.07) is 0. The van der Waals surface area contributed by atoms with Gasteiger partial charge in [0.15, 0.2) is 17.1 Å². The van der Waals surface area contributed by atoms with E-state index in [9.17, 15) is 4.79 Å². The first-order valence-corrected chi connectivity index (χ1v) is 6.21. The number of rotatable bonds is 1. The van der Waals surface area contributed by atoms with Crippen LogP contribution in [0.5, 0.6) is 11.5 Å². The maximum Gasteiger partial charge on any atom is 0.209 e. The molecule has 0 spiro atoms. The molecule has 1 aliphatic rings. The van der Waals surface area contributed by atoms with E-state index in [1.54, 1.807) is 21.0 Å². The van der Waals surface area contributed by atoms with Crippen LogP contribution >= 0.6 is 15.9 Å². The molecule has 92 valence electrons. The van der Waals surface area contributed by atoms with Gasteiger partial charge in [0.05, 0.1) is 12.7 Å². The van der Waals surface area contributed by atoms with Crippen molar-refractivity contribution in [1.29, 1.82) is 0 Å². The lowest BCUT2D eigenvalue weighted by Crippen LogP contribution is -2.32. The van der Waals surface area contributed by atoms with Crippen LogP contribution in [0, 0.1) is 13.8 Å². The van der Waals surface area contributed by atoms with Crippen molar-refractivity contribution in [2.45, 2.75) is 33.3 Å². The van der Waals surface area contributed by atoms with E-state index < -0.39 is 5.60 Å². The van der Waals surface area contributed by atoms with E-state index in [1.165, 1.54) is 0 Å². The third-order valence-corrected chi connectivity index (χ3v) is 4.33. The number of carbonyl (C=O) groups is 1. The smallest absolute Gasteiger partial charge is 0.209 e. The number of halogens is 1. The summed E-state index contributed by atoms with van der Waals surface area (Å²) >= 11 is 3.50. The molecule has 0 bridgehead atoms. The van der Waals surface area contributed by atoms with Crippen LogP contribution in [0.3, 0.4) is 0 Å². The molecular formula is C13H15BrO3. The van der Waals surface area contributed by atoms with Crippen LogP contribution in [0.1, 0.15) is 35.3 Å². The van der Waals surface area contributed by atoms with Gasteiger partial charge in [-0.2, -0.15) is 0 Å². The second-order valence-electron chi connectivity index (χ2n) is 4.74. The highest BCUT2D eigenvalue weighted by Gasteiger charge is 2.43. The molecule has 0 saturated heterocycles. The monoisotopic (exact) mass is 298 g/mol. The van der Waals surface area contributed by atoms with Gasteiger partial charge in [-0.3, -0.25) is 4.79 Å². The number of fused-ring (bicyclic) bond motifs is 1. The third-order valence-electron chi connectivity index (χ3n) is 3.14. The minimum Gasteiger partial charge on any atom is -0.493 e. The molecule has 4 heteroatoms. The van der Waals surface area contributed by atoms with Crippen LogP contribution in [0.4, 0.5) is 0 Å². The Hall–Kier alpha value is -1.03. The van der Waals surface area contributed by atoms with E-state index in [2.05, 4.69) is 15.9 Å². The maximum atomic E-state index is 12.3. The number of methoxy groups -OCH3 is 1. The Labute approximate surface area is 109 Å². The van der Waals surface area contributed by atoms with Gasteiger partial charge in [0.1, 0.15) is 0 Å².